The van der Waals surface area contributed by atoms with Gasteiger partial charge < -0.3 is 4.57 Å². The number of aromatic nitrogens is 2. The molecule has 2 aromatic heterocycles. The van der Waals surface area contributed by atoms with Gasteiger partial charge in [-0.1, -0.05) is 12.2 Å². The van der Waals surface area contributed by atoms with Crippen LogP contribution in [0.15, 0.2) is 17.8 Å². The summed E-state index contributed by atoms with van der Waals surface area (Å²) in [5.41, 5.74) is 2.82. The minimum absolute atomic E-state index is 0.866. The highest BCUT2D eigenvalue weighted by molar-refractivity contribution is 7.71. The molecule has 2 heterocycles. The van der Waals surface area contributed by atoms with Crippen molar-refractivity contribution >= 4 is 33.8 Å². The van der Waals surface area contributed by atoms with Crippen LogP contribution in [0.1, 0.15) is 0 Å². The molecule has 0 spiro atoms. The third-order valence-electron chi connectivity index (χ3n) is 1.57. The normalized spacial score (nSPS) is 10.6. The fourth-order valence-electron chi connectivity index (χ4n) is 0.944. The first kappa shape index (κ1) is 6.94. The van der Waals surface area contributed by atoms with Crippen molar-refractivity contribution in [1.29, 1.82) is 0 Å². The molecule has 0 amide bonds. The molecule has 2 rings (SSSR count). The van der Waals surface area contributed by atoms with Gasteiger partial charge in [-0.25, -0.2) is 4.98 Å². The molecule has 0 fully saturated rings. The molecule has 0 aliphatic carbocycles. The molecular formula is C7H6N2S2. The Morgan fingerprint density at radius 3 is 3.27 bits per heavy atom. The van der Waals surface area contributed by atoms with Crippen molar-refractivity contribution in [1.82, 2.24) is 9.55 Å². The van der Waals surface area contributed by atoms with Crippen LogP contribution in [0.5, 0.6) is 0 Å². The number of pyridine rings is 1. The summed E-state index contributed by atoms with van der Waals surface area (Å²) in [5, 5.41) is 0. The van der Waals surface area contributed by atoms with Gasteiger partial charge in [-0.3, -0.25) is 0 Å². The van der Waals surface area contributed by atoms with E-state index in [1.807, 2.05) is 29.4 Å². The quantitative estimate of drug-likeness (QED) is 0.582. The highest BCUT2D eigenvalue weighted by Gasteiger charge is 1.97. The van der Waals surface area contributed by atoms with E-state index in [4.69, 9.17) is 12.2 Å². The molecule has 0 saturated heterocycles. The average Bonchev–Trinajstić information content (AvgIpc) is 2.45. The van der Waals surface area contributed by atoms with Gasteiger partial charge in [-0.05, 0) is 6.07 Å². The van der Waals surface area contributed by atoms with Crippen molar-refractivity contribution in [3.63, 3.8) is 0 Å². The number of rotatable bonds is 0. The molecule has 0 aliphatic rings. The first-order chi connectivity index (χ1) is 5.29. The van der Waals surface area contributed by atoms with Gasteiger partial charge in [0.15, 0.2) is 0 Å². The van der Waals surface area contributed by atoms with E-state index in [9.17, 15) is 0 Å². The zero-order valence-corrected chi connectivity index (χ0v) is 7.58. The molecular weight excluding hydrogens is 176 g/mol. The van der Waals surface area contributed by atoms with Gasteiger partial charge in [0.1, 0.15) is 4.64 Å². The molecule has 2 aromatic rings. The molecule has 4 heteroatoms. The number of nitrogens with zero attached hydrogens (tertiary/aromatic N) is 2. The summed E-state index contributed by atoms with van der Waals surface area (Å²) in [6, 6.07) is 1.97. The maximum absolute atomic E-state index is 5.18. The monoisotopic (exact) mass is 182 g/mol. The Hall–Kier alpha value is -0.740. The molecule has 56 valence electrons. The topological polar surface area (TPSA) is 17.8 Å². The lowest BCUT2D eigenvalue weighted by molar-refractivity contribution is 0.900. The summed E-state index contributed by atoms with van der Waals surface area (Å²) in [6.45, 7) is 0. The molecule has 0 N–H and O–H groups in total. The Bertz CT molecular complexity index is 441. The molecule has 0 bridgehead atoms. The molecule has 0 aliphatic heterocycles. The Kier molecular flexibility index (Phi) is 1.51. The fourth-order valence-corrected chi connectivity index (χ4v) is 2.01. The van der Waals surface area contributed by atoms with Crippen LogP contribution in [-0.2, 0) is 7.05 Å². The van der Waals surface area contributed by atoms with Crippen LogP contribution < -0.4 is 0 Å². The Morgan fingerprint density at radius 2 is 2.45 bits per heavy atom. The van der Waals surface area contributed by atoms with Crippen LogP contribution in [0.3, 0.4) is 0 Å². The van der Waals surface area contributed by atoms with Crippen LogP contribution in [0.2, 0.25) is 0 Å². The second kappa shape index (κ2) is 2.39. The van der Waals surface area contributed by atoms with Crippen LogP contribution in [-0.4, -0.2) is 9.55 Å². The van der Waals surface area contributed by atoms with Crippen molar-refractivity contribution < 1.29 is 0 Å². The molecule has 11 heavy (non-hydrogen) atoms. The van der Waals surface area contributed by atoms with Crippen LogP contribution in [0.25, 0.3) is 10.2 Å². The van der Waals surface area contributed by atoms with Crippen molar-refractivity contribution in [2.45, 2.75) is 0 Å². The summed E-state index contributed by atoms with van der Waals surface area (Å²) in [7, 11) is 1.95. The Morgan fingerprint density at radius 1 is 1.64 bits per heavy atom. The highest BCUT2D eigenvalue weighted by Crippen LogP contribution is 2.17. The zero-order valence-electron chi connectivity index (χ0n) is 5.94. The summed E-state index contributed by atoms with van der Waals surface area (Å²) in [6.07, 6.45) is 1.93. The number of hydrogen-bond acceptors (Lipinski definition) is 3. The maximum Gasteiger partial charge on any atom is 0.125 e. The first-order valence-corrected chi connectivity index (χ1v) is 4.46. The predicted octanol–water partition coefficient (Wildman–Crippen LogP) is 2.36. The second-order valence-electron chi connectivity index (χ2n) is 2.30. The summed E-state index contributed by atoms with van der Waals surface area (Å²) in [4.78, 5) is 4.16. The van der Waals surface area contributed by atoms with Gasteiger partial charge in [0.25, 0.3) is 0 Å². The third kappa shape index (κ3) is 0.985. The van der Waals surface area contributed by atoms with E-state index in [2.05, 4.69) is 4.98 Å². The van der Waals surface area contributed by atoms with E-state index in [1.165, 1.54) is 0 Å². The van der Waals surface area contributed by atoms with E-state index in [1.54, 1.807) is 11.3 Å². The average molecular weight is 182 g/mol. The minimum Gasteiger partial charge on any atom is -0.341 e. The smallest absolute Gasteiger partial charge is 0.125 e. The number of fused-ring (bicyclic) bond motifs is 1. The fraction of sp³-hybridized carbons (Fsp3) is 0.143. The van der Waals surface area contributed by atoms with E-state index in [0.29, 0.717) is 0 Å². The van der Waals surface area contributed by atoms with Crippen molar-refractivity contribution in [2.75, 3.05) is 0 Å². The Labute approximate surface area is 73.1 Å². The van der Waals surface area contributed by atoms with Gasteiger partial charge in [-0.2, -0.15) is 0 Å². The van der Waals surface area contributed by atoms with E-state index < -0.39 is 0 Å². The number of hydrogen-bond donors (Lipinski definition) is 0. The first-order valence-electron chi connectivity index (χ1n) is 3.18. The summed E-state index contributed by atoms with van der Waals surface area (Å²) >= 11 is 6.77. The molecule has 2 nitrogen and oxygen atoms in total. The SMILES string of the molecule is Cn1ccc2ncsc2c1=S. The zero-order chi connectivity index (χ0) is 7.84. The van der Waals surface area contributed by atoms with Gasteiger partial charge in [0, 0.05) is 13.2 Å². The molecule has 0 saturated carbocycles. The lowest BCUT2D eigenvalue weighted by Crippen LogP contribution is -1.89. The number of aryl methyl sites for hydroxylation is 1. The van der Waals surface area contributed by atoms with Gasteiger partial charge in [0.05, 0.1) is 15.7 Å². The van der Waals surface area contributed by atoms with Crippen molar-refractivity contribution in [3.05, 3.63) is 22.4 Å². The standard InChI is InChI=1S/C7H6N2S2/c1-9-3-2-5-6(7(9)10)11-4-8-5/h2-4H,1H3. The lowest BCUT2D eigenvalue weighted by atomic mass is 10.4. The third-order valence-corrected chi connectivity index (χ3v) is 3.04. The molecule has 0 atom stereocenters. The predicted molar refractivity (Wildman–Crippen MR) is 49.4 cm³/mol. The summed E-state index contributed by atoms with van der Waals surface area (Å²) < 4.78 is 3.89. The van der Waals surface area contributed by atoms with Crippen LogP contribution in [0.4, 0.5) is 0 Å². The van der Waals surface area contributed by atoms with E-state index >= 15 is 0 Å². The maximum atomic E-state index is 5.18. The van der Waals surface area contributed by atoms with Gasteiger partial charge >= 0.3 is 0 Å². The molecule has 0 aromatic carbocycles. The largest absolute Gasteiger partial charge is 0.341 e. The minimum atomic E-state index is 0.866. The lowest BCUT2D eigenvalue weighted by Gasteiger charge is -1.95. The van der Waals surface area contributed by atoms with Gasteiger partial charge in [-0.15, -0.1) is 11.3 Å². The van der Waals surface area contributed by atoms with E-state index in [0.717, 1.165) is 14.9 Å². The molecule has 0 radical (unpaired) electrons. The van der Waals surface area contributed by atoms with Crippen molar-refractivity contribution in [3.8, 4) is 0 Å². The molecule has 0 unspecified atom stereocenters. The van der Waals surface area contributed by atoms with E-state index in [-0.39, 0.29) is 0 Å². The second-order valence-corrected chi connectivity index (χ2v) is 3.54. The summed E-state index contributed by atoms with van der Waals surface area (Å²) in [5.74, 6) is 0. The highest BCUT2D eigenvalue weighted by atomic mass is 32.1. The van der Waals surface area contributed by atoms with Gasteiger partial charge in [0.2, 0.25) is 0 Å². The van der Waals surface area contributed by atoms with Crippen LogP contribution >= 0.6 is 23.6 Å². The number of thiazole rings is 1. The van der Waals surface area contributed by atoms with Crippen molar-refractivity contribution in [2.24, 2.45) is 7.05 Å². The van der Waals surface area contributed by atoms with Crippen LogP contribution in [0, 0.1) is 4.64 Å². The Balaban J connectivity index is 3.05.